The van der Waals surface area contributed by atoms with Crippen molar-refractivity contribution >= 4 is 17.6 Å². The van der Waals surface area contributed by atoms with Gasteiger partial charge in [0, 0.05) is 11.1 Å². The fourth-order valence-electron chi connectivity index (χ4n) is 1.19. The number of aliphatic imine (C=N–C) groups is 1. The predicted octanol–water partition coefficient (Wildman–Crippen LogP) is 3.37. The molecule has 1 aromatic carbocycles. The predicted molar refractivity (Wildman–Crippen MR) is 62.1 cm³/mol. The minimum atomic E-state index is 0.763. The van der Waals surface area contributed by atoms with Gasteiger partial charge in [0.15, 0.2) is 0 Å². The number of thiophene rings is 1. The standard InChI is InChI=1S/C12H11NS/c1-2-5-11(6-3-1)9-13-10-12-7-4-8-14-12/h1-8,10H,9H2/b13-10+. The Morgan fingerprint density at radius 1 is 1.07 bits per heavy atom. The summed E-state index contributed by atoms with van der Waals surface area (Å²) in [6.45, 7) is 0.763. The van der Waals surface area contributed by atoms with Crippen LogP contribution in [0.2, 0.25) is 0 Å². The summed E-state index contributed by atoms with van der Waals surface area (Å²) in [5, 5.41) is 2.06. The van der Waals surface area contributed by atoms with Crippen LogP contribution in [0.15, 0.2) is 52.8 Å². The van der Waals surface area contributed by atoms with Crippen LogP contribution in [0.1, 0.15) is 10.4 Å². The van der Waals surface area contributed by atoms with Crippen LogP contribution in [0.25, 0.3) is 0 Å². The normalized spacial score (nSPS) is 10.9. The molecule has 1 aromatic heterocycles. The Bertz CT molecular complexity index is 390. The van der Waals surface area contributed by atoms with Crippen molar-refractivity contribution in [3.63, 3.8) is 0 Å². The van der Waals surface area contributed by atoms with E-state index in [1.165, 1.54) is 10.4 Å². The zero-order valence-corrected chi connectivity index (χ0v) is 8.58. The molecule has 1 nitrogen and oxygen atoms in total. The van der Waals surface area contributed by atoms with Gasteiger partial charge >= 0.3 is 0 Å². The van der Waals surface area contributed by atoms with Gasteiger partial charge in [-0.1, -0.05) is 36.4 Å². The summed E-state index contributed by atoms with van der Waals surface area (Å²) in [4.78, 5) is 5.58. The van der Waals surface area contributed by atoms with E-state index in [1.54, 1.807) is 11.3 Å². The fourth-order valence-corrected chi connectivity index (χ4v) is 1.80. The van der Waals surface area contributed by atoms with Crippen molar-refractivity contribution in [2.24, 2.45) is 4.99 Å². The summed E-state index contributed by atoms with van der Waals surface area (Å²) in [6, 6.07) is 14.4. The lowest BCUT2D eigenvalue weighted by atomic mass is 10.2. The van der Waals surface area contributed by atoms with Gasteiger partial charge in [0.25, 0.3) is 0 Å². The lowest BCUT2D eigenvalue weighted by Gasteiger charge is -1.93. The highest BCUT2D eigenvalue weighted by Crippen LogP contribution is 2.06. The Morgan fingerprint density at radius 2 is 1.93 bits per heavy atom. The highest BCUT2D eigenvalue weighted by atomic mass is 32.1. The molecule has 2 heteroatoms. The fraction of sp³-hybridized carbons (Fsp3) is 0.0833. The van der Waals surface area contributed by atoms with Crippen molar-refractivity contribution < 1.29 is 0 Å². The Morgan fingerprint density at radius 3 is 2.64 bits per heavy atom. The van der Waals surface area contributed by atoms with Gasteiger partial charge in [-0.25, -0.2) is 0 Å². The molecule has 0 fully saturated rings. The van der Waals surface area contributed by atoms with Crippen LogP contribution >= 0.6 is 11.3 Å². The molecule has 0 saturated carbocycles. The first-order chi connectivity index (χ1) is 6.95. The average molecular weight is 201 g/mol. The molecule has 0 atom stereocenters. The molecule has 0 saturated heterocycles. The molecule has 1 heterocycles. The third-order valence-corrected chi connectivity index (χ3v) is 2.69. The van der Waals surface area contributed by atoms with Crippen LogP contribution < -0.4 is 0 Å². The molecule has 14 heavy (non-hydrogen) atoms. The van der Waals surface area contributed by atoms with Crippen molar-refractivity contribution in [1.29, 1.82) is 0 Å². The summed E-state index contributed by atoms with van der Waals surface area (Å²) in [5.41, 5.74) is 1.25. The van der Waals surface area contributed by atoms with Crippen molar-refractivity contribution in [3.8, 4) is 0 Å². The molecular formula is C12H11NS. The SMILES string of the molecule is C(=N\Cc1ccccc1)/c1cccs1. The van der Waals surface area contributed by atoms with E-state index in [1.807, 2.05) is 30.5 Å². The molecule has 2 aromatic rings. The lowest BCUT2D eigenvalue weighted by Crippen LogP contribution is -1.80. The monoisotopic (exact) mass is 201 g/mol. The van der Waals surface area contributed by atoms with Gasteiger partial charge in [-0.2, -0.15) is 0 Å². The summed E-state index contributed by atoms with van der Waals surface area (Å²) in [5.74, 6) is 0. The number of hydrogen-bond acceptors (Lipinski definition) is 2. The quantitative estimate of drug-likeness (QED) is 0.675. The second-order valence-corrected chi connectivity index (χ2v) is 3.95. The Kier molecular flexibility index (Phi) is 3.09. The maximum Gasteiger partial charge on any atom is 0.0640 e. The van der Waals surface area contributed by atoms with E-state index < -0.39 is 0 Å². The topological polar surface area (TPSA) is 12.4 Å². The van der Waals surface area contributed by atoms with Crippen molar-refractivity contribution in [3.05, 3.63) is 58.3 Å². The van der Waals surface area contributed by atoms with Crippen LogP contribution in [0.3, 0.4) is 0 Å². The van der Waals surface area contributed by atoms with Crippen molar-refractivity contribution in [1.82, 2.24) is 0 Å². The maximum absolute atomic E-state index is 4.37. The zero-order chi connectivity index (χ0) is 9.64. The van der Waals surface area contributed by atoms with Crippen LogP contribution in [0, 0.1) is 0 Å². The van der Waals surface area contributed by atoms with Crippen LogP contribution in [-0.2, 0) is 6.54 Å². The average Bonchev–Trinajstić information content (AvgIpc) is 2.72. The largest absolute Gasteiger partial charge is 0.287 e. The Balaban J connectivity index is 1.95. The first-order valence-electron chi connectivity index (χ1n) is 4.52. The molecule has 70 valence electrons. The number of hydrogen-bond donors (Lipinski definition) is 0. The second-order valence-electron chi connectivity index (χ2n) is 2.97. The van der Waals surface area contributed by atoms with E-state index in [-0.39, 0.29) is 0 Å². The van der Waals surface area contributed by atoms with E-state index in [2.05, 4.69) is 28.6 Å². The van der Waals surface area contributed by atoms with Crippen molar-refractivity contribution in [2.75, 3.05) is 0 Å². The first-order valence-corrected chi connectivity index (χ1v) is 5.40. The van der Waals surface area contributed by atoms with Gasteiger partial charge in [0.05, 0.1) is 6.54 Å². The van der Waals surface area contributed by atoms with Gasteiger partial charge in [-0.3, -0.25) is 4.99 Å². The second kappa shape index (κ2) is 4.72. The first kappa shape index (κ1) is 9.16. The van der Waals surface area contributed by atoms with Gasteiger partial charge in [-0.05, 0) is 17.0 Å². The summed E-state index contributed by atoms with van der Waals surface area (Å²) in [7, 11) is 0. The Hall–Kier alpha value is -1.41. The molecule has 0 aliphatic heterocycles. The molecular weight excluding hydrogens is 190 g/mol. The summed E-state index contributed by atoms with van der Waals surface area (Å²) < 4.78 is 0. The van der Waals surface area contributed by atoms with E-state index in [0.717, 1.165) is 6.54 Å². The molecule has 0 N–H and O–H groups in total. The minimum Gasteiger partial charge on any atom is -0.287 e. The third-order valence-electron chi connectivity index (χ3n) is 1.88. The molecule has 0 radical (unpaired) electrons. The molecule has 2 rings (SSSR count). The highest BCUT2D eigenvalue weighted by Gasteiger charge is 1.88. The van der Waals surface area contributed by atoms with Gasteiger partial charge < -0.3 is 0 Å². The van der Waals surface area contributed by atoms with Crippen LogP contribution in [0.5, 0.6) is 0 Å². The van der Waals surface area contributed by atoms with E-state index >= 15 is 0 Å². The van der Waals surface area contributed by atoms with E-state index in [0.29, 0.717) is 0 Å². The van der Waals surface area contributed by atoms with E-state index in [9.17, 15) is 0 Å². The van der Waals surface area contributed by atoms with Gasteiger partial charge in [0.2, 0.25) is 0 Å². The lowest BCUT2D eigenvalue weighted by molar-refractivity contribution is 1.08. The highest BCUT2D eigenvalue weighted by molar-refractivity contribution is 7.11. The molecule has 0 aliphatic carbocycles. The van der Waals surface area contributed by atoms with E-state index in [4.69, 9.17) is 0 Å². The maximum atomic E-state index is 4.37. The smallest absolute Gasteiger partial charge is 0.0640 e. The van der Waals surface area contributed by atoms with Crippen molar-refractivity contribution in [2.45, 2.75) is 6.54 Å². The molecule has 0 aliphatic rings. The molecule has 0 amide bonds. The Labute approximate surface area is 87.8 Å². The third kappa shape index (κ3) is 2.54. The van der Waals surface area contributed by atoms with Gasteiger partial charge in [0.1, 0.15) is 0 Å². The molecule has 0 spiro atoms. The molecule has 0 bridgehead atoms. The summed E-state index contributed by atoms with van der Waals surface area (Å²) >= 11 is 1.71. The zero-order valence-electron chi connectivity index (χ0n) is 7.76. The van der Waals surface area contributed by atoms with Crippen LogP contribution in [0.4, 0.5) is 0 Å². The minimum absolute atomic E-state index is 0.763. The molecule has 0 unspecified atom stereocenters. The number of benzene rings is 1. The summed E-state index contributed by atoms with van der Waals surface area (Å²) in [6.07, 6.45) is 1.93. The van der Waals surface area contributed by atoms with Crippen LogP contribution in [-0.4, -0.2) is 6.21 Å². The van der Waals surface area contributed by atoms with Gasteiger partial charge in [-0.15, -0.1) is 11.3 Å². The number of rotatable bonds is 3. The number of nitrogens with zero attached hydrogens (tertiary/aromatic N) is 1.